The second kappa shape index (κ2) is 9.63. The van der Waals surface area contributed by atoms with E-state index in [9.17, 15) is 9.59 Å². The SMILES string of the molecule is CCN(CC(=O)Nc1cccc(OC)c1)C(=O)/C=C/c1cccc(Cl)c1. The molecule has 0 aromatic heterocycles. The van der Waals surface area contributed by atoms with Gasteiger partial charge >= 0.3 is 0 Å². The third-order valence-corrected chi connectivity index (χ3v) is 3.88. The Morgan fingerprint density at radius 3 is 2.65 bits per heavy atom. The molecule has 1 N–H and O–H groups in total. The average Bonchev–Trinajstić information content (AvgIpc) is 2.64. The zero-order chi connectivity index (χ0) is 18.9. The number of ether oxygens (including phenoxy) is 1. The summed E-state index contributed by atoms with van der Waals surface area (Å²) in [5.41, 5.74) is 1.44. The predicted octanol–water partition coefficient (Wildman–Crippen LogP) is 3.85. The van der Waals surface area contributed by atoms with Gasteiger partial charge in [-0.2, -0.15) is 0 Å². The van der Waals surface area contributed by atoms with Gasteiger partial charge in [0.15, 0.2) is 0 Å². The number of nitrogens with one attached hydrogen (secondary N) is 1. The largest absolute Gasteiger partial charge is 0.497 e. The van der Waals surface area contributed by atoms with Crippen molar-refractivity contribution < 1.29 is 14.3 Å². The highest BCUT2D eigenvalue weighted by Crippen LogP contribution is 2.16. The first kappa shape index (κ1) is 19.5. The minimum absolute atomic E-state index is 0.0353. The van der Waals surface area contributed by atoms with Gasteiger partial charge in [0.05, 0.1) is 7.11 Å². The molecule has 0 atom stereocenters. The number of carbonyl (C=O) groups is 2. The molecule has 2 aromatic carbocycles. The van der Waals surface area contributed by atoms with Gasteiger partial charge in [0.1, 0.15) is 12.3 Å². The lowest BCUT2D eigenvalue weighted by Gasteiger charge is -2.18. The van der Waals surface area contributed by atoms with Crippen LogP contribution in [0.2, 0.25) is 5.02 Å². The van der Waals surface area contributed by atoms with Crippen LogP contribution in [0, 0.1) is 0 Å². The standard InChI is InChI=1S/C20H21ClN2O3/c1-3-23(20(25)11-10-15-6-4-7-16(21)12-15)14-19(24)22-17-8-5-9-18(13-17)26-2/h4-13H,3,14H2,1-2H3,(H,22,24)/b11-10+. The van der Waals surface area contributed by atoms with E-state index in [4.69, 9.17) is 16.3 Å². The van der Waals surface area contributed by atoms with Crippen LogP contribution in [-0.4, -0.2) is 36.9 Å². The third kappa shape index (κ3) is 5.93. The van der Waals surface area contributed by atoms with Crippen LogP contribution in [-0.2, 0) is 9.59 Å². The molecule has 0 saturated heterocycles. The van der Waals surface area contributed by atoms with Gasteiger partial charge in [-0.3, -0.25) is 9.59 Å². The molecular formula is C20H21ClN2O3. The van der Waals surface area contributed by atoms with Gasteiger partial charge in [-0.1, -0.05) is 29.8 Å². The molecule has 2 amide bonds. The number of anilines is 1. The van der Waals surface area contributed by atoms with Crippen LogP contribution in [0.4, 0.5) is 5.69 Å². The van der Waals surface area contributed by atoms with Crippen LogP contribution >= 0.6 is 11.6 Å². The van der Waals surface area contributed by atoms with Crippen molar-refractivity contribution in [1.82, 2.24) is 4.90 Å². The van der Waals surface area contributed by atoms with Gasteiger partial charge < -0.3 is 15.0 Å². The van der Waals surface area contributed by atoms with Gasteiger partial charge in [0, 0.05) is 29.4 Å². The molecule has 0 aliphatic rings. The van der Waals surface area contributed by atoms with Crippen LogP contribution in [0.5, 0.6) is 5.75 Å². The number of nitrogens with zero attached hydrogens (tertiary/aromatic N) is 1. The molecule has 0 saturated carbocycles. The summed E-state index contributed by atoms with van der Waals surface area (Å²) in [6.07, 6.45) is 3.12. The number of hydrogen-bond acceptors (Lipinski definition) is 3. The molecule has 0 bridgehead atoms. The van der Waals surface area contributed by atoms with Crippen LogP contribution in [0.25, 0.3) is 6.08 Å². The topological polar surface area (TPSA) is 58.6 Å². The number of amides is 2. The number of methoxy groups -OCH3 is 1. The zero-order valence-corrected chi connectivity index (χ0v) is 15.5. The maximum Gasteiger partial charge on any atom is 0.247 e. The van der Waals surface area contributed by atoms with Gasteiger partial charge in [0.25, 0.3) is 0 Å². The highest BCUT2D eigenvalue weighted by atomic mass is 35.5. The molecule has 0 unspecified atom stereocenters. The quantitative estimate of drug-likeness (QED) is 0.751. The van der Waals surface area contributed by atoms with Crippen LogP contribution in [0.1, 0.15) is 12.5 Å². The van der Waals surface area contributed by atoms with Crippen molar-refractivity contribution in [2.24, 2.45) is 0 Å². The van der Waals surface area contributed by atoms with E-state index in [-0.39, 0.29) is 18.4 Å². The van der Waals surface area contributed by atoms with Gasteiger partial charge in [0.2, 0.25) is 11.8 Å². The van der Waals surface area contributed by atoms with E-state index in [2.05, 4.69) is 5.32 Å². The average molecular weight is 373 g/mol. The van der Waals surface area contributed by atoms with E-state index in [1.807, 2.05) is 19.1 Å². The fourth-order valence-electron chi connectivity index (χ4n) is 2.30. The fraction of sp³-hybridized carbons (Fsp3) is 0.200. The van der Waals surface area contributed by atoms with Gasteiger partial charge in [-0.15, -0.1) is 0 Å². The van der Waals surface area contributed by atoms with Crippen LogP contribution in [0.3, 0.4) is 0 Å². The lowest BCUT2D eigenvalue weighted by Crippen LogP contribution is -2.36. The predicted molar refractivity (Wildman–Crippen MR) is 104 cm³/mol. The maximum atomic E-state index is 12.3. The smallest absolute Gasteiger partial charge is 0.247 e. The monoisotopic (exact) mass is 372 g/mol. The zero-order valence-electron chi connectivity index (χ0n) is 14.7. The molecule has 0 radical (unpaired) electrons. The summed E-state index contributed by atoms with van der Waals surface area (Å²) in [4.78, 5) is 26.0. The summed E-state index contributed by atoms with van der Waals surface area (Å²) in [6.45, 7) is 2.21. The number of halogens is 1. The number of likely N-dealkylation sites (N-methyl/N-ethyl adjacent to an activating group) is 1. The lowest BCUT2D eigenvalue weighted by atomic mass is 10.2. The Morgan fingerprint density at radius 1 is 1.19 bits per heavy atom. The molecular weight excluding hydrogens is 352 g/mol. The van der Waals surface area contributed by atoms with Crippen molar-refractivity contribution in [3.05, 3.63) is 65.2 Å². The minimum atomic E-state index is -0.274. The van der Waals surface area contributed by atoms with Crippen LogP contribution < -0.4 is 10.1 Å². The molecule has 2 rings (SSSR count). The molecule has 26 heavy (non-hydrogen) atoms. The maximum absolute atomic E-state index is 12.3. The number of hydrogen-bond donors (Lipinski definition) is 1. The molecule has 5 nitrogen and oxygen atoms in total. The molecule has 2 aromatic rings. The Hall–Kier alpha value is -2.79. The van der Waals surface area contributed by atoms with Gasteiger partial charge in [-0.05, 0) is 42.8 Å². The van der Waals surface area contributed by atoms with E-state index in [1.54, 1.807) is 49.6 Å². The second-order valence-corrected chi connectivity index (χ2v) is 5.96. The fourth-order valence-corrected chi connectivity index (χ4v) is 2.50. The minimum Gasteiger partial charge on any atom is -0.497 e. The normalized spacial score (nSPS) is 10.6. The molecule has 0 spiro atoms. The molecule has 0 aliphatic heterocycles. The summed E-state index contributed by atoms with van der Waals surface area (Å²) in [5, 5.41) is 3.36. The lowest BCUT2D eigenvalue weighted by molar-refractivity contribution is -0.130. The Labute approximate surface area is 158 Å². The van der Waals surface area contributed by atoms with E-state index in [0.29, 0.717) is 23.0 Å². The summed E-state index contributed by atoms with van der Waals surface area (Å²) >= 11 is 5.93. The van der Waals surface area contributed by atoms with Crippen molar-refractivity contribution in [2.45, 2.75) is 6.92 Å². The Morgan fingerprint density at radius 2 is 1.96 bits per heavy atom. The highest BCUT2D eigenvalue weighted by molar-refractivity contribution is 6.30. The number of benzene rings is 2. The Kier molecular flexibility index (Phi) is 7.24. The number of carbonyl (C=O) groups excluding carboxylic acids is 2. The third-order valence-electron chi connectivity index (χ3n) is 3.65. The Balaban J connectivity index is 1.96. The number of rotatable bonds is 7. The first-order chi connectivity index (χ1) is 12.5. The summed E-state index contributed by atoms with van der Waals surface area (Å²) < 4.78 is 5.12. The second-order valence-electron chi connectivity index (χ2n) is 5.52. The van der Waals surface area contributed by atoms with Crippen molar-refractivity contribution >= 4 is 35.2 Å². The Bertz CT molecular complexity index is 805. The molecule has 6 heteroatoms. The molecule has 136 valence electrons. The van der Waals surface area contributed by atoms with Crippen molar-refractivity contribution in [3.8, 4) is 5.75 Å². The van der Waals surface area contributed by atoms with Crippen molar-refractivity contribution in [2.75, 3.05) is 25.5 Å². The van der Waals surface area contributed by atoms with E-state index in [1.165, 1.54) is 11.0 Å². The summed E-state index contributed by atoms with van der Waals surface area (Å²) in [6, 6.07) is 14.2. The van der Waals surface area contributed by atoms with E-state index < -0.39 is 0 Å². The first-order valence-electron chi connectivity index (χ1n) is 8.18. The first-order valence-corrected chi connectivity index (χ1v) is 8.56. The van der Waals surface area contributed by atoms with Gasteiger partial charge in [-0.25, -0.2) is 0 Å². The molecule has 0 aliphatic carbocycles. The van der Waals surface area contributed by atoms with Crippen LogP contribution in [0.15, 0.2) is 54.6 Å². The van der Waals surface area contributed by atoms with Crippen molar-refractivity contribution in [3.63, 3.8) is 0 Å². The molecule has 0 fully saturated rings. The van der Waals surface area contributed by atoms with E-state index in [0.717, 1.165) is 5.56 Å². The molecule has 0 heterocycles. The van der Waals surface area contributed by atoms with E-state index >= 15 is 0 Å². The highest BCUT2D eigenvalue weighted by Gasteiger charge is 2.13. The summed E-state index contributed by atoms with van der Waals surface area (Å²) in [5.74, 6) is 0.133. The summed E-state index contributed by atoms with van der Waals surface area (Å²) in [7, 11) is 1.56. The van der Waals surface area contributed by atoms with Crippen molar-refractivity contribution in [1.29, 1.82) is 0 Å².